The second-order valence-corrected chi connectivity index (χ2v) is 3.78. The van der Waals surface area contributed by atoms with E-state index in [0.717, 1.165) is 7.11 Å². The molecule has 20 heavy (non-hydrogen) atoms. The van der Waals surface area contributed by atoms with Gasteiger partial charge in [-0.2, -0.15) is 13.2 Å². The Morgan fingerprint density at radius 3 is 2.45 bits per heavy atom. The Balaban J connectivity index is 3.46. The summed E-state index contributed by atoms with van der Waals surface area (Å²) in [4.78, 5) is 14.5. The summed E-state index contributed by atoms with van der Waals surface area (Å²) in [5.74, 6) is -0.897. The second kappa shape index (κ2) is 6.12. The second-order valence-electron chi connectivity index (χ2n) is 3.78. The van der Waals surface area contributed by atoms with E-state index in [0.29, 0.717) is 0 Å². The number of alkyl halides is 5. The summed E-state index contributed by atoms with van der Waals surface area (Å²) in [7, 11) is 1.02. The molecule has 112 valence electrons. The molecule has 0 fully saturated rings. The van der Waals surface area contributed by atoms with Gasteiger partial charge >= 0.3 is 12.1 Å². The van der Waals surface area contributed by atoms with Crippen molar-refractivity contribution in [3.63, 3.8) is 0 Å². The molecule has 1 aromatic rings. The molecule has 0 spiro atoms. The van der Waals surface area contributed by atoms with Crippen LogP contribution in [0.2, 0.25) is 0 Å². The van der Waals surface area contributed by atoms with Crippen LogP contribution >= 0.6 is 0 Å². The molecule has 1 rings (SSSR count). The molecule has 0 saturated heterocycles. The maximum absolute atomic E-state index is 12.8. The van der Waals surface area contributed by atoms with Crippen LogP contribution in [0.3, 0.4) is 0 Å². The van der Waals surface area contributed by atoms with Gasteiger partial charge in [0.25, 0.3) is 6.43 Å². The molecule has 1 aromatic heterocycles. The third kappa shape index (κ3) is 3.62. The number of methoxy groups -OCH3 is 1. The Kier molecular flexibility index (Phi) is 4.98. The number of esters is 1. The van der Waals surface area contributed by atoms with Crippen molar-refractivity contribution in [1.82, 2.24) is 4.98 Å². The van der Waals surface area contributed by atoms with Crippen LogP contribution in [0.15, 0.2) is 6.07 Å². The van der Waals surface area contributed by atoms with Crippen LogP contribution < -0.4 is 5.73 Å². The van der Waals surface area contributed by atoms with Gasteiger partial charge in [0, 0.05) is 12.1 Å². The van der Waals surface area contributed by atoms with Crippen LogP contribution in [0.4, 0.5) is 22.0 Å². The average Bonchev–Trinajstić information content (AvgIpc) is 2.36. The summed E-state index contributed by atoms with van der Waals surface area (Å²) in [6, 6.07) is 0.244. The molecule has 9 heteroatoms. The van der Waals surface area contributed by atoms with Crippen molar-refractivity contribution in [2.24, 2.45) is 5.73 Å². The molecule has 1 heterocycles. The van der Waals surface area contributed by atoms with Crippen molar-refractivity contribution < 1.29 is 31.5 Å². The number of rotatable bonds is 4. The highest BCUT2D eigenvalue weighted by molar-refractivity contribution is 5.72. The number of carbonyl (C=O) groups excluding carboxylic acids is 1. The monoisotopic (exact) mass is 298 g/mol. The molecule has 4 nitrogen and oxygen atoms in total. The van der Waals surface area contributed by atoms with E-state index in [-0.39, 0.29) is 6.07 Å². The van der Waals surface area contributed by atoms with E-state index in [2.05, 4.69) is 9.72 Å². The van der Waals surface area contributed by atoms with E-state index < -0.39 is 54.1 Å². The molecule has 2 N–H and O–H groups in total. The van der Waals surface area contributed by atoms with Gasteiger partial charge in [-0.3, -0.25) is 9.78 Å². The Morgan fingerprint density at radius 1 is 1.45 bits per heavy atom. The third-order valence-electron chi connectivity index (χ3n) is 2.50. The van der Waals surface area contributed by atoms with E-state index in [1.165, 1.54) is 0 Å². The van der Waals surface area contributed by atoms with Gasteiger partial charge in [0.15, 0.2) is 0 Å². The van der Waals surface area contributed by atoms with Crippen molar-refractivity contribution in [2.75, 3.05) is 7.11 Å². The zero-order valence-electron chi connectivity index (χ0n) is 10.3. The van der Waals surface area contributed by atoms with Crippen molar-refractivity contribution in [3.05, 3.63) is 28.6 Å². The molecule has 0 aliphatic carbocycles. The van der Waals surface area contributed by atoms with Crippen LogP contribution in [0.1, 0.15) is 28.9 Å². The lowest BCUT2D eigenvalue weighted by molar-refractivity contribution is -0.141. The zero-order valence-corrected chi connectivity index (χ0v) is 10.3. The van der Waals surface area contributed by atoms with E-state index in [4.69, 9.17) is 5.73 Å². The number of hydrogen-bond acceptors (Lipinski definition) is 4. The van der Waals surface area contributed by atoms with Crippen molar-refractivity contribution in [3.8, 4) is 0 Å². The smallest absolute Gasteiger partial charge is 0.416 e. The lowest BCUT2D eigenvalue weighted by Crippen LogP contribution is -2.19. The molecular weight excluding hydrogens is 287 g/mol. The fraction of sp³-hybridized carbons (Fsp3) is 0.455. The third-order valence-corrected chi connectivity index (χ3v) is 2.50. The van der Waals surface area contributed by atoms with Crippen molar-refractivity contribution in [2.45, 2.75) is 25.6 Å². The minimum Gasteiger partial charge on any atom is -0.469 e. The van der Waals surface area contributed by atoms with Gasteiger partial charge in [-0.1, -0.05) is 0 Å². The number of ether oxygens (including phenoxy) is 1. The Morgan fingerprint density at radius 2 is 2.05 bits per heavy atom. The summed E-state index contributed by atoms with van der Waals surface area (Å²) >= 11 is 0. The van der Waals surface area contributed by atoms with Crippen molar-refractivity contribution in [1.29, 1.82) is 0 Å². The molecule has 0 radical (unpaired) electrons. The Bertz CT molecular complexity index is 502. The molecule has 0 aliphatic heterocycles. The van der Waals surface area contributed by atoms with Crippen LogP contribution in [0, 0.1) is 0 Å². The molecule has 0 saturated carbocycles. The highest BCUT2D eigenvalue weighted by atomic mass is 19.4. The first-order valence-corrected chi connectivity index (χ1v) is 5.35. The van der Waals surface area contributed by atoms with Gasteiger partial charge in [-0.15, -0.1) is 0 Å². The number of pyridine rings is 1. The molecule has 0 atom stereocenters. The van der Waals surface area contributed by atoms with Gasteiger partial charge in [-0.05, 0) is 6.07 Å². The molecular formula is C11H11F5N2O2. The lowest BCUT2D eigenvalue weighted by atomic mass is 10.0. The predicted octanol–water partition coefficient (Wildman–Crippen LogP) is 2.21. The summed E-state index contributed by atoms with van der Waals surface area (Å²) in [5, 5.41) is 0. The number of halogens is 5. The standard InChI is InChI=1S/C11H11F5N2O2/c1-20-9(19)3-7-5(4-17)6(11(14,15)16)2-8(18-7)10(12)13/h2,10H,3-4,17H2,1H3. The number of hydrogen-bond donors (Lipinski definition) is 1. The molecule has 0 amide bonds. The molecule has 0 bridgehead atoms. The summed E-state index contributed by atoms with van der Waals surface area (Å²) in [5.41, 5.74) is 1.89. The van der Waals surface area contributed by atoms with Crippen molar-refractivity contribution >= 4 is 5.97 Å². The maximum atomic E-state index is 12.8. The van der Waals surface area contributed by atoms with Gasteiger partial charge in [0.1, 0.15) is 5.69 Å². The molecule has 0 unspecified atom stereocenters. The normalized spacial score (nSPS) is 11.8. The minimum absolute atomic E-state index is 0.244. The van der Waals surface area contributed by atoms with Crippen LogP contribution in [0.25, 0.3) is 0 Å². The predicted molar refractivity (Wildman–Crippen MR) is 57.8 cm³/mol. The summed E-state index contributed by atoms with van der Waals surface area (Å²) in [6.07, 6.45) is -8.72. The maximum Gasteiger partial charge on any atom is 0.416 e. The molecule has 0 aliphatic rings. The van der Waals surface area contributed by atoms with Crippen LogP contribution in [-0.4, -0.2) is 18.1 Å². The largest absolute Gasteiger partial charge is 0.469 e. The quantitative estimate of drug-likeness (QED) is 0.683. The fourth-order valence-corrected chi connectivity index (χ4v) is 1.59. The number of carbonyl (C=O) groups is 1. The first kappa shape index (κ1) is 16.3. The lowest BCUT2D eigenvalue weighted by Gasteiger charge is -2.16. The average molecular weight is 298 g/mol. The van der Waals surface area contributed by atoms with E-state index >= 15 is 0 Å². The van der Waals surface area contributed by atoms with E-state index in [1.807, 2.05) is 0 Å². The summed E-state index contributed by atoms with van der Waals surface area (Å²) < 4.78 is 68.0. The van der Waals surface area contributed by atoms with Gasteiger partial charge in [-0.25, -0.2) is 8.78 Å². The van der Waals surface area contributed by atoms with Gasteiger partial charge in [0.05, 0.1) is 24.8 Å². The first-order valence-electron chi connectivity index (χ1n) is 5.35. The van der Waals surface area contributed by atoms with Crippen LogP contribution in [-0.2, 0) is 28.7 Å². The number of aromatic nitrogens is 1. The summed E-state index contributed by atoms with van der Waals surface area (Å²) in [6.45, 7) is -0.586. The molecule has 0 aromatic carbocycles. The van der Waals surface area contributed by atoms with Gasteiger partial charge in [0.2, 0.25) is 0 Å². The Labute approximate surface area is 110 Å². The zero-order chi connectivity index (χ0) is 15.5. The van der Waals surface area contributed by atoms with Crippen LogP contribution in [0.5, 0.6) is 0 Å². The number of nitrogens with two attached hydrogens (primary N) is 1. The van der Waals surface area contributed by atoms with E-state index in [1.54, 1.807) is 0 Å². The highest BCUT2D eigenvalue weighted by Gasteiger charge is 2.36. The van der Waals surface area contributed by atoms with E-state index in [9.17, 15) is 26.7 Å². The number of nitrogens with zero attached hydrogens (tertiary/aromatic N) is 1. The topological polar surface area (TPSA) is 65.2 Å². The Hall–Kier alpha value is -1.77. The van der Waals surface area contributed by atoms with Gasteiger partial charge < -0.3 is 10.5 Å². The SMILES string of the molecule is COC(=O)Cc1nc(C(F)F)cc(C(F)(F)F)c1CN. The first-order chi connectivity index (χ1) is 9.20. The minimum atomic E-state index is -4.87. The fourth-order valence-electron chi connectivity index (χ4n) is 1.59. The highest BCUT2D eigenvalue weighted by Crippen LogP contribution is 2.35.